The van der Waals surface area contributed by atoms with Gasteiger partial charge in [-0.05, 0) is 94.5 Å². The van der Waals surface area contributed by atoms with E-state index in [9.17, 15) is 0 Å². The molecular weight excluding hydrogens is 1090 g/mol. The van der Waals surface area contributed by atoms with Crippen molar-refractivity contribution in [2.24, 2.45) is 0 Å². The first-order chi connectivity index (χ1) is 35.5. The number of nitrogens with zero attached hydrogens (tertiary/aromatic N) is 8. The zero-order chi connectivity index (χ0) is 49.5. The average molecular weight is 1160 g/mol. The summed E-state index contributed by atoms with van der Waals surface area (Å²) in [4.78, 5) is 22.3. The van der Waals surface area contributed by atoms with Gasteiger partial charge in [-0.25, -0.2) is 28.2 Å². The quantitative estimate of drug-likeness (QED) is 0.0529. The molecule has 0 spiro atoms. The number of fused-ring (bicyclic) bond motifs is 8. The number of aromatic nitrogens is 8. The number of hydrogen-bond acceptors (Lipinski definition) is 2. The topological polar surface area (TPSA) is 69.5 Å². The third-order valence-corrected chi connectivity index (χ3v) is 14.4. The maximum Gasteiger partial charge on any atom is 2.00 e. The molecule has 8 nitrogen and oxygen atoms in total. The van der Waals surface area contributed by atoms with Crippen molar-refractivity contribution in [3.8, 4) is 44.5 Å². The third kappa shape index (κ3) is 16.5. The molecule has 0 N–H and O–H groups in total. The number of unbranched alkanes of at least 4 members (excludes halogenated alkanes) is 12. The molecule has 0 saturated carbocycles. The summed E-state index contributed by atoms with van der Waals surface area (Å²) in [5, 5.41) is 0. The van der Waals surface area contributed by atoms with Crippen molar-refractivity contribution in [2.75, 3.05) is 0 Å². The Kier molecular flexibility index (Phi) is 27.5. The Morgan fingerprint density at radius 1 is 0.299 bits per heavy atom. The molecule has 77 heavy (non-hydrogen) atoms. The first-order valence-corrected chi connectivity index (χ1v) is 27.6. The second-order valence-corrected chi connectivity index (χ2v) is 19.9. The van der Waals surface area contributed by atoms with Crippen LogP contribution in [-0.2, 0) is 45.7 Å². The number of aryl methyl sites for hydroxylation is 4. The van der Waals surface area contributed by atoms with E-state index in [4.69, 9.17) is 19.9 Å². The number of halogens is 4. The van der Waals surface area contributed by atoms with E-state index >= 15 is 0 Å². The van der Waals surface area contributed by atoms with E-state index < -0.39 is 0 Å². The van der Waals surface area contributed by atoms with Gasteiger partial charge in [0.1, 0.15) is 26.2 Å². The van der Waals surface area contributed by atoms with Crippen LogP contribution in [0.25, 0.3) is 90.9 Å². The van der Waals surface area contributed by atoms with Gasteiger partial charge in [-0.15, -0.1) is 22.1 Å². The van der Waals surface area contributed by atoms with Crippen LogP contribution in [0.1, 0.15) is 153 Å². The molecule has 0 radical (unpaired) electrons. The van der Waals surface area contributed by atoms with Gasteiger partial charge in [0, 0.05) is 74.2 Å². The predicted octanol–water partition coefficient (Wildman–Crippen LogP) is 2.07. The molecule has 7 aromatic rings. The Balaban J connectivity index is 0.00000256. The smallest absolute Gasteiger partial charge is 1.00 e. The summed E-state index contributed by atoms with van der Waals surface area (Å²) in [7, 11) is 0. The maximum atomic E-state index is 5.57. The van der Waals surface area contributed by atoms with Crippen molar-refractivity contribution < 1.29 is 87.4 Å². The number of pyridine rings is 4. The van der Waals surface area contributed by atoms with Gasteiger partial charge in [0.2, 0.25) is 0 Å². The zero-order valence-corrected chi connectivity index (χ0v) is 51.8. The van der Waals surface area contributed by atoms with E-state index in [-0.39, 0.29) is 69.1 Å². The van der Waals surface area contributed by atoms with Gasteiger partial charge in [-0.2, -0.15) is 0 Å². The van der Waals surface area contributed by atoms with E-state index in [0.717, 1.165) is 116 Å². The van der Waals surface area contributed by atoms with Gasteiger partial charge in [0.25, 0.3) is 0 Å². The normalized spacial score (nSPS) is 11.3. The van der Waals surface area contributed by atoms with Crippen LogP contribution in [0.2, 0.25) is 0 Å². The van der Waals surface area contributed by atoms with E-state index in [0.29, 0.717) is 0 Å². The van der Waals surface area contributed by atoms with Crippen LogP contribution in [0.3, 0.4) is 0 Å². The summed E-state index contributed by atoms with van der Waals surface area (Å²) in [6.07, 6.45) is 46.1. The van der Waals surface area contributed by atoms with Crippen molar-refractivity contribution in [3.05, 3.63) is 145 Å². The Bertz CT molecular complexity index is 2720. The van der Waals surface area contributed by atoms with E-state index in [1.807, 2.05) is 0 Å². The van der Waals surface area contributed by atoms with E-state index in [1.165, 1.54) is 103 Å². The van der Waals surface area contributed by atoms with Crippen LogP contribution in [0.4, 0.5) is 0 Å². The van der Waals surface area contributed by atoms with Gasteiger partial charge < -0.3 is 59.6 Å². The molecule has 0 saturated heterocycles. The van der Waals surface area contributed by atoms with E-state index in [1.54, 1.807) is 0 Å². The predicted molar refractivity (Wildman–Crippen MR) is 296 cm³/mol. The fourth-order valence-electron chi connectivity index (χ4n) is 10.2. The summed E-state index contributed by atoms with van der Waals surface area (Å²) in [5.41, 5.74) is 15.4. The van der Waals surface area contributed by atoms with Gasteiger partial charge in [0.05, 0.1) is 22.8 Å². The molecule has 8 bridgehead atoms. The van der Waals surface area contributed by atoms with Gasteiger partial charge >= 0.3 is 19.5 Å². The second-order valence-electron chi connectivity index (χ2n) is 19.9. The second kappa shape index (κ2) is 32.8. The molecular formula is C64H76Cl4N8Zn. The van der Waals surface area contributed by atoms with Crippen LogP contribution >= 0.6 is 0 Å². The molecule has 7 aromatic heterocycles. The SMILES string of the molecule is CCCCCC[n+]1ccc(-c2c3nc(c(-c4cc[n+](CCCCCC)cc4)c4ccc([n-]4)c(-c4cc[n+](CCCCCC)cc4)c4nc(c(-c5cc[n+](CCCCCC)cc5)c5ccc2[n-]5)C=C4)C=C3)cc1.[Cl-].[Cl-].[Cl-].[Cl-].[Zn+2]. The summed E-state index contributed by atoms with van der Waals surface area (Å²) in [5.74, 6) is 0. The first-order valence-electron chi connectivity index (χ1n) is 27.6. The molecule has 402 valence electrons. The van der Waals surface area contributed by atoms with E-state index in [2.05, 4.69) is 193 Å². The minimum Gasteiger partial charge on any atom is -1.00 e. The monoisotopic (exact) mass is 1160 g/mol. The molecule has 0 aromatic carbocycles. The van der Waals surface area contributed by atoms with Crippen LogP contribution in [0, 0.1) is 0 Å². The van der Waals surface area contributed by atoms with Crippen LogP contribution in [-0.4, -0.2) is 9.97 Å². The van der Waals surface area contributed by atoms with Crippen molar-refractivity contribution >= 4 is 46.4 Å². The number of rotatable bonds is 24. The summed E-state index contributed by atoms with van der Waals surface area (Å²) in [6.45, 7) is 13.1. The average Bonchev–Trinajstić information content (AvgIpc) is 4.27. The molecule has 13 heteroatoms. The van der Waals surface area contributed by atoms with Gasteiger partial charge in [-0.1, -0.05) is 103 Å². The fraction of sp³-hybridized carbons (Fsp3) is 0.375. The standard InChI is InChI=1S/C64H76N8.4ClH.Zn/c1-5-9-13-17-37-69-41-29-49(30-42-69)61-53-21-23-55(65-53)62(50-31-43-70(44-32-50)38-18-14-10-6-2)57-25-27-59(67-57)64(52-35-47-72(48-36-52)40-20-16-12-8-4)60-28-26-58(68-60)63(56-24-22-54(61)66-56)51-33-45-71(46-34-51)39-19-15-11-7-3;;;;;/h21-36,41-48H,5-20,37-40H2,1-4H3;4*1H;/q+2;;;;;+2/p-4. The molecule has 0 fully saturated rings. The Morgan fingerprint density at radius 3 is 0.701 bits per heavy atom. The van der Waals surface area contributed by atoms with Crippen molar-refractivity contribution in [2.45, 2.75) is 157 Å². The minimum atomic E-state index is 0. The Morgan fingerprint density at radius 2 is 0.506 bits per heavy atom. The molecule has 9 rings (SSSR count). The molecule has 0 unspecified atom stereocenters. The van der Waals surface area contributed by atoms with Crippen LogP contribution in [0.5, 0.6) is 0 Å². The first kappa shape index (κ1) is 64.5. The van der Waals surface area contributed by atoms with Crippen LogP contribution < -0.4 is 77.9 Å². The van der Waals surface area contributed by atoms with Crippen molar-refractivity contribution in [3.63, 3.8) is 0 Å². The minimum absolute atomic E-state index is 0. The Labute approximate surface area is 496 Å². The summed E-state index contributed by atoms with van der Waals surface area (Å²) in [6, 6.07) is 26.6. The summed E-state index contributed by atoms with van der Waals surface area (Å²) >= 11 is 0. The molecule has 0 aliphatic carbocycles. The number of hydrogen-bond donors (Lipinski definition) is 0. The van der Waals surface area contributed by atoms with Gasteiger partial charge in [0.15, 0.2) is 49.6 Å². The zero-order valence-electron chi connectivity index (χ0n) is 45.8. The molecule has 2 aliphatic heterocycles. The van der Waals surface area contributed by atoms with Crippen molar-refractivity contribution in [1.29, 1.82) is 0 Å². The largest absolute Gasteiger partial charge is 2.00 e. The third-order valence-electron chi connectivity index (χ3n) is 14.4. The molecule has 9 heterocycles. The Hall–Kier alpha value is -5.02. The van der Waals surface area contributed by atoms with Gasteiger partial charge in [-0.3, -0.25) is 0 Å². The molecule has 2 aliphatic rings. The molecule has 0 atom stereocenters. The van der Waals surface area contributed by atoms with Crippen molar-refractivity contribution in [1.82, 2.24) is 19.9 Å². The maximum absolute atomic E-state index is 5.57. The van der Waals surface area contributed by atoms with Crippen LogP contribution in [0.15, 0.2) is 122 Å². The fourth-order valence-corrected chi connectivity index (χ4v) is 10.2. The summed E-state index contributed by atoms with van der Waals surface area (Å²) < 4.78 is 9.23. The molecule has 0 amide bonds.